The lowest BCUT2D eigenvalue weighted by Crippen LogP contribution is -2.38. The van der Waals surface area contributed by atoms with E-state index in [-0.39, 0.29) is 5.56 Å². The van der Waals surface area contributed by atoms with Crippen LogP contribution in [0.4, 0.5) is 10.3 Å². The van der Waals surface area contributed by atoms with Crippen LogP contribution in [0.5, 0.6) is 0 Å². The Morgan fingerprint density at radius 1 is 1.06 bits per heavy atom. The zero-order valence-electron chi connectivity index (χ0n) is 18.2. The Labute approximate surface area is 190 Å². The van der Waals surface area contributed by atoms with E-state index < -0.39 is 13.0 Å². The molecule has 1 saturated heterocycles. The second kappa shape index (κ2) is 8.52. The lowest BCUT2D eigenvalue weighted by molar-refractivity contribution is 0.570. The van der Waals surface area contributed by atoms with Gasteiger partial charge in [0.05, 0.1) is 11.1 Å². The molecule has 4 aromatic rings. The zero-order valence-corrected chi connectivity index (χ0v) is 19.1. The molecule has 2 aromatic carbocycles. The van der Waals surface area contributed by atoms with Crippen molar-refractivity contribution in [1.82, 2.24) is 20.2 Å². The Kier molecular flexibility index (Phi) is 5.54. The van der Waals surface area contributed by atoms with Crippen LogP contribution in [-0.2, 0) is 11.0 Å². The van der Waals surface area contributed by atoms with E-state index in [1.54, 1.807) is 36.7 Å². The number of aromatic amines is 1. The molecule has 0 saturated carbocycles. The molecule has 1 aliphatic heterocycles. The summed E-state index contributed by atoms with van der Waals surface area (Å²) in [5.74, 6) is 0.165. The fourth-order valence-corrected chi connectivity index (χ4v) is 6.96. The third-order valence-electron chi connectivity index (χ3n) is 6.11. The van der Waals surface area contributed by atoms with Gasteiger partial charge in [-0.2, -0.15) is 5.10 Å². The smallest absolute Gasteiger partial charge is 0.272 e. The molecule has 5 rings (SSSR count). The molecular formula is C24H23FN5O2P. The first-order chi connectivity index (χ1) is 15.9. The van der Waals surface area contributed by atoms with Crippen LogP contribution < -0.4 is 15.8 Å². The van der Waals surface area contributed by atoms with Crippen LogP contribution in [-0.4, -0.2) is 45.6 Å². The maximum Gasteiger partial charge on any atom is 0.272 e. The number of rotatable bonds is 4. The number of aromatic nitrogens is 4. The summed E-state index contributed by atoms with van der Waals surface area (Å²) < 4.78 is 28.6. The first kappa shape index (κ1) is 21.5. The number of anilines is 1. The van der Waals surface area contributed by atoms with Gasteiger partial charge in [-0.1, -0.05) is 24.3 Å². The average Bonchev–Trinajstić information content (AvgIpc) is 2.83. The Morgan fingerprint density at radius 2 is 1.76 bits per heavy atom. The summed E-state index contributed by atoms with van der Waals surface area (Å²) in [6.07, 6.45) is 4.64. The van der Waals surface area contributed by atoms with E-state index in [9.17, 15) is 13.8 Å². The molecule has 168 valence electrons. The van der Waals surface area contributed by atoms with E-state index >= 15 is 0 Å². The SMILES string of the molecule is Cc1cnc(N2CCP(=O)(c3cc(Cc4n[nH]c(=O)c5ccccc45)ccc3F)CC2)nc1. The summed E-state index contributed by atoms with van der Waals surface area (Å²) in [7, 11) is -2.91. The van der Waals surface area contributed by atoms with Crippen molar-refractivity contribution in [2.24, 2.45) is 0 Å². The van der Waals surface area contributed by atoms with Gasteiger partial charge in [-0.3, -0.25) is 4.79 Å². The highest BCUT2D eigenvalue weighted by atomic mass is 31.2. The molecule has 1 aliphatic rings. The van der Waals surface area contributed by atoms with Crippen LogP contribution in [0.15, 0.2) is 59.7 Å². The highest BCUT2D eigenvalue weighted by Gasteiger charge is 2.33. The normalized spacial score (nSPS) is 15.6. The third kappa shape index (κ3) is 4.18. The third-order valence-corrected chi connectivity index (χ3v) is 9.17. The lowest BCUT2D eigenvalue weighted by Gasteiger charge is -2.32. The number of H-pyrrole nitrogens is 1. The van der Waals surface area contributed by atoms with Crippen molar-refractivity contribution in [3.63, 3.8) is 0 Å². The van der Waals surface area contributed by atoms with Crippen molar-refractivity contribution in [2.75, 3.05) is 30.3 Å². The maximum atomic E-state index is 14.8. The van der Waals surface area contributed by atoms with E-state index in [1.165, 1.54) is 6.07 Å². The predicted molar refractivity (Wildman–Crippen MR) is 128 cm³/mol. The standard InChI is InChI=1S/C24H23FN5O2P/c1-16-14-26-24(27-15-16)30-8-10-33(32,11-9-30)22-13-17(6-7-20(22)25)12-21-18-4-2-3-5-19(18)23(31)29-28-21/h2-7,13-15H,8-12H2,1H3,(H,29,31). The highest BCUT2D eigenvalue weighted by Crippen LogP contribution is 2.47. The molecule has 1 N–H and O–H groups in total. The summed E-state index contributed by atoms with van der Waals surface area (Å²) >= 11 is 0. The number of aryl methyl sites for hydroxylation is 1. The Balaban J connectivity index is 1.40. The lowest BCUT2D eigenvalue weighted by atomic mass is 10.0. The Hall–Kier alpha value is -3.38. The molecule has 0 bridgehead atoms. The summed E-state index contributed by atoms with van der Waals surface area (Å²) in [5.41, 5.74) is 2.22. The van der Waals surface area contributed by atoms with E-state index in [0.717, 1.165) is 16.5 Å². The van der Waals surface area contributed by atoms with Gasteiger partial charge in [0.1, 0.15) is 13.0 Å². The van der Waals surface area contributed by atoms with Crippen molar-refractivity contribution >= 4 is 29.2 Å². The topological polar surface area (TPSA) is 91.8 Å². The number of hydrogen-bond donors (Lipinski definition) is 1. The fourth-order valence-electron chi connectivity index (χ4n) is 4.26. The van der Waals surface area contributed by atoms with Gasteiger partial charge < -0.3 is 9.46 Å². The molecule has 0 amide bonds. The van der Waals surface area contributed by atoms with Crippen LogP contribution in [0.2, 0.25) is 0 Å². The minimum Gasteiger partial charge on any atom is -0.340 e. The highest BCUT2D eigenvalue weighted by molar-refractivity contribution is 7.71. The zero-order chi connectivity index (χ0) is 23.0. The van der Waals surface area contributed by atoms with Crippen LogP contribution in [0.3, 0.4) is 0 Å². The van der Waals surface area contributed by atoms with Gasteiger partial charge in [0.2, 0.25) is 5.95 Å². The summed E-state index contributed by atoms with van der Waals surface area (Å²) in [5, 5.41) is 8.35. The Bertz CT molecular complexity index is 1430. The summed E-state index contributed by atoms with van der Waals surface area (Å²) in [6, 6.07) is 12.0. The van der Waals surface area contributed by atoms with Gasteiger partial charge in [0.25, 0.3) is 5.56 Å². The van der Waals surface area contributed by atoms with E-state index in [1.807, 2.05) is 24.0 Å². The number of nitrogens with zero attached hydrogens (tertiary/aromatic N) is 4. The van der Waals surface area contributed by atoms with Crippen LogP contribution >= 0.6 is 7.14 Å². The molecule has 1 fully saturated rings. The van der Waals surface area contributed by atoms with Gasteiger partial charge in [0.15, 0.2) is 0 Å². The molecule has 2 aromatic heterocycles. The van der Waals surface area contributed by atoms with E-state index in [2.05, 4.69) is 20.2 Å². The van der Waals surface area contributed by atoms with Gasteiger partial charge in [-0.15, -0.1) is 0 Å². The van der Waals surface area contributed by atoms with Crippen molar-refractivity contribution in [1.29, 1.82) is 0 Å². The number of benzene rings is 2. The molecule has 0 aliphatic carbocycles. The molecular weight excluding hydrogens is 440 g/mol. The first-order valence-corrected chi connectivity index (χ1v) is 12.9. The quantitative estimate of drug-likeness (QED) is 0.467. The van der Waals surface area contributed by atoms with Gasteiger partial charge in [-0.25, -0.2) is 19.5 Å². The van der Waals surface area contributed by atoms with Crippen molar-refractivity contribution in [3.05, 3.63) is 87.9 Å². The van der Waals surface area contributed by atoms with Gasteiger partial charge in [0, 0.05) is 54.9 Å². The van der Waals surface area contributed by atoms with Gasteiger partial charge >= 0.3 is 0 Å². The number of nitrogens with one attached hydrogen (secondary N) is 1. The molecule has 9 heteroatoms. The molecule has 0 unspecified atom stereocenters. The second-order valence-corrected chi connectivity index (χ2v) is 11.5. The minimum atomic E-state index is -2.91. The maximum absolute atomic E-state index is 14.8. The van der Waals surface area contributed by atoms with Crippen molar-refractivity contribution < 1.29 is 8.96 Å². The average molecular weight is 463 g/mol. The van der Waals surface area contributed by atoms with E-state index in [4.69, 9.17) is 0 Å². The minimum absolute atomic E-state index is 0.247. The van der Waals surface area contributed by atoms with Gasteiger partial charge in [-0.05, 0) is 36.2 Å². The Morgan fingerprint density at radius 3 is 2.48 bits per heavy atom. The molecule has 0 atom stereocenters. The summed E-state index contributed by atoms with van der Waals surface area (Å²) in [4.78, 5) is 22.8. The molecule has 3 heterocycles. The largest absolute Gasteiger partial charge is 0.340 e. The van der Waals surface area contributed by atoms with E-state index in [0.29, 0.717) is 54.2 Å². The monoisotopic (exact) mass is 463 g/mol. The second-order valence-electron chi connectivity index (χ2n) is 8.39. The number of halogens is 1. The fraction of sp³-hybridized carbons (Fsp3) is 0.250. The first-order valence-electron chi connectivity index (χ1n) is 10.8. The van der Waals surface area contributed by atoms with Crippen LogP contribution in [0.25, 0.3) is 10.8 Å². The van der Waals surface area contributed by atoms with Crippen LogP contribution in [0.1, 0.15) is 16.8 Å². The molecule has 0 radical (unpaired) electrons. The van der Waals surface area contributed by atoms with Crippen molar-refractivity contribution in [3.8, 4) is 0 Å². The molecule has 0 spiro atoms. The number of fused-ring (bicyclic) bond motifs is 1. The van der Waals surface area contributed by atoms with Crippen molar-refractivity contribution in [2.45, 2.75) is 13.3 Å². The number of hydrogen-bond acceptors (Lipinski definition) is 6. The summed E-state index contributed by atoms with van der Waals surface area (Å²) in [6.45, 7) is 2.95. The predicted octanol–water partition coefficient (Wildman–Crippen LogP) is 3.26. The molecule has 33 heavy (non-hydrogen) atoms. The van der Waals surface area contributed by atoms with Crippen LogP contribution in [0, 0.1) is 12.7 Å². The molecule has 7 nitrogen and oxygen atoms in total.